The van der Waals surface area contributed by atoms with Crippen molar-refractivity contribution in [1.29, 1.82) is 0 Å². The number of hydrogen-bond donors (Lipinski definition) is 0. The van der Waals surface area contributed by atoms with Gasteiger partial charge in [0.2, 0.25) is 0 Å². The lowest BCUT2D eigenvalue weighted by Crippen LogP contribution is -2.27. The molecule has 0 spiro atoms. The molecule has 0 aliphatic rings. The predicted molar refractivity (Wildman–Crippen MR) is 81.4 cm³/mol. The van der Waals surface area contributed by atoms with E-state index >= 15 is 0 Å². The maximum absolute atomic E-state index is 13.5. The zero-order chi connectivity index (χ0) is 18.5. The molecule has 0 radical (unpaired) electrons. The van der Waals surface area contributed by atoms with Crippen LogP contribution in [-0.2, 0) is 13.2 Å². The fraction of sp³-hybridized carbons (Fsp3) is 0.250. The van der Waals surface area contributed by atoms with Crippen molar-refractivity contribution in [2.45, 2.75) is 13.1 Å². The normalized spacial score (nSPS) is 12.0. The molecule has 1 aromatic carbocycles. The number of nitrogens with zero attached hydrogens (tertiary/aromatic N) is 3. The van der Waals surface area contributed by atoms with Crippen LogP contribution in [-0.4, -0.2) is 16.7 Å². The molecule has 3 aromatic rings. The highest BCUT2D eigenvalue weighted by atomic mass is 19.4. The van der Waals surface area contributed by atoms with Crippen LogP contribution in [0, 0.1) is 17.9 Å². The molecular formula is C16H13F4N3O2. The van der Waals surface area contributed by atoms with Gasteiger partial charge >= 0.3 is 11.8 Å². The number of pyridine rings is 1. The third-order valence-electron chi connectivity index (χ3n) is 3.91. The molecule has 0 amide bonds. The predicted octanol–water partition coefficient (Wildman–Crippen LogP) is 3.35. The number of methoxy groups -OCH3 is 1. The summed E-state index contributed by atoms with van der Waals surface area (Å²) >= 11 is 0. The topological polar surface area (TPSA) is 54.0 Å². The van der Waals surface area contributed by atoms with Crippen LogP contribution in [0.5, 0.6) is 5.75 Å². The molecule has 0 N–H and O–H groups in total. The van der Waals surface area contributed by atoms with Crippen LogP contribution in [0.25, 0.3) is 22.6 Å². The van der Waals surface area contributed by atoms with Gasteiger partial charge in [-0.05, 0) is 29.6 Å². The van der Waals surface area contributed by atoms with Gasteiger partial charge < -0.3 is 14.5 Å². The summed E-state index contributed by atoms with van der Waals surface area (Å²) in [6, 6.07) is 2.97. The first-order valence-corrected chi connectivity index (χ1v) is 7.15. The highest BCUT2D eigenvalue weighted by Gasteiger charge is 2.33. The van der Waals surface area contributed by atoms with Crippen LogP contribution in [0.3, 0.4) is 0 Å². The van der Waals surface area contributed by atoms with E-state index in [1.807, 2.05) is 0 Å². The van der Waals surface area contributed by atoms with Crippen LogP contribution in [0.15, 0.2) is 24.4 Å². The van der Waals surface area contributed by atoms with Crippen molar-refractivity contribution < 1.29 is 27.0 Å². The van der Waals surface area contributed by atoms with Crippen molar-refractivity contribution in [2.24, 2.45) is 7.05 Å². The Morgan fingerprint density at radius 2 is 1.92 bits per heavy atom. The second-order valence-electron chi connectivity index (χ2n) is 5.56. The number of fused-ring (bicyclic) bond motifs is 1. The summed E-state index contributed by atoms with van der Waals surface area (Å²) in [5.74, 6) is -0.579. The molecule has 5 nitrogen and oxygen atoms in total. The van der Waals surface area contributed by atoms with Crippen LogP contribution in [0.2, 0.25) is 0 Å². The Balaban J connectivity index is 2.32. The minimum absolute atomic E-state index is 0.0383. The van der Waals surface area contributed by atoms with E-state index in [2.05, 4.69) is 4.98 Å². The summed E-state index contributed by atoms with van der Waals surface area (Å²) in [5, 5.41) is 11.8. The van der Waals surface area contributed by atoms with Crippen LogP contribution in [0.4, 0.5) is 17.6 Å². The van der Waals surface area contributed by atoms with Gasteiger partial charge in [0.1, 0.15) is 17.5 Å². The number of alkyl halides is 3. The van der Waals surface area contributed by atoms with Crippen LogP contribution < -0.4 is 9.47 Å². The molecule has 9 heteroatoms. The van der Waals surface area contributed by atoms with Gasteiger partial charge in [-0.25, -0.2) is 9.12 Å². The lowest BCUT2D eigenvalue weighted by atomic mass is 10.0. The van der Waals surface area contributed by atoms with Crippen molar-refractivity contribution in [3.05, 3.63) is 46.5 Å². The molecular weight excluding hydrogens is 342 g/mol. The molecule has 2 aromatic heterocycles. The van der Waals surface area contributed by atoms with Crippen LogP contribution >= 0.6 is 0 Å². The molecule has 0 bridgehead atoms. The number of hydrogen-bond acceptors (Lipinski definition) is 3. The van der Waals surface area contributed by atoms with E-state index in [1.54, 1.807) is 7.05 Å². The maximum atomic E-state index is 13.5. The Morgan fingerprint density at radius 1 is 1.24 bits per heavy atom. The largest absolute Gasteiger partial charge is 0.710 e. The second kappa shape index (κ2) is 5.61. The molecule has 0 aliphatic carbocycles. The van der Waals surface area contributed by atoms with Gasteiger partial charge in [-0.1, -0.05) is 0 Å². The first kappa shape index (κ1) is 17.0. The zero-order valence-corrected chi connectivity index (χ0v) is 13.5. The standard InChI is InChI=1S/C16H13F4N3O2/c1-8-4-9(16(18,19)20)5-12(25-3)13(8)15-21-14-11(22(15)2)6-10(17)7-23(14)24/h4-7H,1-3H3. The monoisotopic (exact) mass is 355 g/mol. The lowest BCUT2D eigenvalue weighted by molar-refractivity contribution is -0.580. The third-order valence-corrected chi connectivity index (χ3v) is 3.91. The van der Waals surface area contributed by atoms with Crippen molar-refractivity contribution in [2.75, 3.05) is 7.11 Å². The second-order valence-corrected chi connectivity index (χ2v) is 5.56. The van der Waals surface area contributed by atoms with E-state index in [-0.39, 0.29) is 33.0 Å². The first-order chi connectivity index (χ1) is 11.6. The molecule has 132 valence electrons. The number of benzene rings is 1. The maximum Gasteiger partial charge on any atom is 0.416 e. The summed E-state index contributed by atoms with van der Waals surface area (Å²) < 4.78 is 59.3. The average molecular weight is 355 g/mol. The average Bonchev–Trinajstić information content (AvgIpc) is 2.83. The highest BCUT2D eigenvalue weighted by molar-refractivity contribution is 5.79. The summed E-state index contributed by atoms with van der Waals surface area (Å²) in [7, 11) is 2.79. The van der Waals surface area contributed by atoms with E-state index in [0.29, 0.717) is 5.56 Å². The van der Waals surface area contributed by atoms with Gasteiger partial charge in [0.15, 0.2) is 5.82 Å². The fourth-order valence-corrected chi connectivity index (χ4v) is 2.75. The molecule has 3 rings (SSSR count). The number of aromatic nitrogens is 3. The smallest absolute Gasteiger partial charge is 0.416 e. The van der Waals surface area contributed by atoms with Gasteiger partial charge in [-0.2, -0.15) is 13.2 Å². The molecule has 2 heterocycles. The fourth-order valence-electron chi connectivity index (χ4n) is 2.75. The SMILES string of the molecule is COc1cc(C(F)(F)F)cc(C)c1-c1nc2c(cc(F)c[n+]2[O-])n1C. The van der Waals surface area contributed by atoms with E-state index in [1.165, 1.54) is 18.6 Å². The third kappa shape index (κ3) is 2.75. The van der Waals surface area contributed by atoms with E-state index in [9.17, 15) is 22.8 Å². The van der Waals surface area contributed by atoms with E-state index < -0.39 is 17.6 Å². The van der Waals surface area contributed by atoms with Crippen LogP contribution in [0.1, 0.15) is 11.1 Å². The number of ether oxygens (including phenoxy) is 1. The van der Waals surface area contributed by atoms with Crippen molar-refractivity contribution in [3.8, 4) is 17.1 Å². The summed E-state index contributed by atoms with van der Waals surface area (Å²) in [6.07, 6.45) is -3.79. The molecule has 0 saturated heterocycles. The molecule has 0 saturated carbocycles. The van der Waals surface area contributed by atoms with Crippen molar-refractivity contribution in [3.63, 3.8) is 0 Å². The summed E-state index contributed by atoms with van der Waals surface area (Å²) in [6.45, 7) is 1.48. The number of imidazole rings is 1. The Morgan fingerprint density at radius 3 is 2.52 bits per heavy atom. The van der Waals surface area contributed by atoms with Gasteiger partial charge in [0.25, 0.3) is 5.82 Å². The van der Waals surface area contributed by atoms with E-state index in [0.717, 1.165) is 24.4 Å². The number of halogens is 4. The Kier molecular flexibility index (Phi) is 3.81. The Labute approximate surface area is 139 Å². The highest BCUT2D eigenvalue weighted by Crippen LogP contribution is 2.39. The minimum atomic E-state index is -4.52. The van der Waals surface area contributed by atoms with Gasteiger partial charge in [-0.3, -0.25) is 0 Å². The molecule has 0 unspecified atom stereocenters. The van der Waals surface area contributed by atoms with Crippen molar-refractivity contribution in [1.82, 2.24) is 9.55 Å². The molecule has 0 aliphatic heterocycles. The Bertz CT molecular complexity index is 980. The molecule has 0 fully saturated rings. The Hall–Kier alpha value is -2.84. The number of aryl methyl sites for hydroxylation is 2. The first-order valence-electron chi connectivity index (χ1n) is 7.15. The van der Waals surface area contributed by atoms with Gasteiger partial charge in [0, 0.05) is 13.1 Å². The summed E-state index contributed by atoms with van der Waals surface area (Å²) in [5.41, 5.74) is -0.112. The molecule has 25 heavy (non-hydrogen) atoms. The zero-order valence-electron chi connectivity index (χ0n) is 13.5. The van der Waals surface area contributed by atoms with E-state index in [4.69, 9.17) is 4.74 Å². The minimum Gasteiger partial charge on any atom is -0.710 e. The van der Waals surface area contributed by atoms with Crippen molar-refractivity contribution >= 4 is 11.2 Å². The quantitative estimate of drug-likeness (QED) is 0.402. The lowest BCUT2D eigenvalue weighted by Gasteiger charge is -2.14. The van der Waals surface area contributed by atoms with Gasteiger partial charge in [-0.15, -0.1) is 0 Å². The summed E-state index contributed by atoms with van der Waals surface area (Å²) in [4.78, 5) is 4.17. The number of rotatable bonds is 2. The van der Waals surface area contributed by atoms with Gasteiger partial charge in [0.05, 0.1) is 18.2 Å². The molecule has 0 atom stereocenters.